The minimum atomic E-state index is 0.774. The van der Waals surface area contributed by atoms with Crippen molar-refractivity contribution in [2.45, 2.75) is 104 Å². The third kappa shape index (κ3) is 11.5. The van der Waals surface area contributed by atoms with Gasteiger partial charge < -0.3 is 5.32 Å². The quantitative estimate of drug-likeness (QED) is 0.385. The van der Waals surface area contributed by atoms with E-state index in [-0.39, 0.29) is 0 Å². The molecule has 1 unspecified atom stereocenters. The summed E-state index contributed by atoms with van der Waals surface area (Å²) in [5, 5.41) is 3.77. The Kier molecular flexibility index (Phi) is 14.3. The molecule has 0 heterocycles. The number of rotatable bonds is 14. The van der Waals surface area contributed by atoms with Gasteiger partial charge in [0.25, 0.3) is 0 Å². The molecule has 1 atom stereocenters. The Morgan fingerprint density at radius 3 is 1.95 bits per heavy atom. The summed E-state index contributed by atoms with van der Waals surface area (Å²) in [6.07, 6.45) is 15.3. The normalized spacial score (nSPS) is 13.1. The van der Waals surface area contributed by atoms with Crippen LogP contribution in [0, 0.1) is 5.92 Å². The first-order valence-electron chi connectivity index (χ1n) is 9.01. The number of nitrogens with one attached hydrogen (secondary N) is 1. The van der Waals surface area contributed by atoms with Crippen LogP contribution in [0.5, 0.6) is 0 Å². The zero-order valence-corrected chi connectivity index (χ0v) is 14.1. The second-order valence-corrected chi connectivity index (χ2v) is 6.13. The smallest absolute Gasteiger partial charge is 0.00696 e. The van der Waals surface area contributed by atoms with Crippen molar-refractivity contribution in [3.8, 4) is 0 Å². The SMILES string of the molecule is CCCCCCCCC(CC(CC)CC)NCCC. The highest BCUT2D eigenvalue weighted by Crippen LogP contribution is 2.19. The van der Waals surface area contributed by atoms with E-state index in [9.17, 15) is 0 Å². The van der Waals surface area contributed by atoms with E-state index in [1.165, 1.54) is 77.2 Å². The van der Waals surface area contributed by atoms with Gasteiger partial charge in [0.2, 0.25) is 0 Å². The van der Waals surface area contributed by atoms with Gasteiger partial charge in [-0.15, -0.1) is 0 Å². The van der Waals surface area contributed by atoms with E-state index in [1.54, 1.807) is 0 Å². The van der Waals surface area contributed by atoms with E-state index in [4.69, 9.17) is 0 Å². The van der Waals surface area contributed by atoms with E-state index < -0.39 is 0 Å². The van der Waals surface area contributed by atoms with Crippen molar-refractivity contribution in [2.75, 3.05) is 6.54 Å². The van der Waals surface area contributed by atoms with Crippen LogP contribution in [0.4, 0.5) is 0 Å². The molecule has 0 spiro atoms. The third-order valence-corrected chi connectivity index (χ3v) is 4.36. The molecule has 0 amide bonds. The largest absolute Gasteiger partial charge is 0.314 e. The van der Waals surface area contributed by atoms with E-state index in [2.05, 4.69) is 33.0 Å². The number of hydrogen-bond donors (Lipinski definition) is 1. The van der Waals surface area contributed by atoms with Gasteiger partial charge in [0.05, 0.1) is 0 Å². The summed E-state index contributed by atoms with van der Waals surface area (Å²) in [6.45, 7) is 10.4. The molecule has 0 aromatic rings. The summed E-state index contributed by atoms with van der Waals surface area (Å²) in [4.78, 5) is 0. The molecule has 0 radical (unpaired) electrons. The second kappa shape index (κ2) is 14.4. The molecule has 1 nitrogen and oxygen atoms in total. The lowest BCUT2D eigenvalue weighted by Crippen LogP contribution is -2.31. The van der Waals surface area contributed by atoms with Gasteiger partial charge in [-0.3, -0.25) is 0 Å². The molecule has 0 aromatic carbocycles. The summed E-state index contributed by atoms with van der Waals surface area (Å²) in [6, 6.07) is 0.774. The highest BCUT2D eigenvalue weighted by atomic mass is 14.9. The van der Waals surface area contributed by atoms with Gasteiger partial charge in [-0.05, 0) is 31.7 Å². The summed E-state index contributed by atoms with van der Waals surface area (Å²) in [5.41, 5.74) is 0. The van der Waals surface area contributed by atoms with Crippen LogP contribution >= 0.6 is 0 Å². The highest BCUT2D eigenvalue weighted by molar-refractivity contribution is 4.71. The zero-order chi connectivity index (χ0) is 14.3. The van der Waals surface area contributed by atoms with Crippen LogP contribution in [-0.2, 0) is 0 Å². The molecular formula is C18H39N. The monoisotopic (exact) mass is 269 g/mol. The third-order valence-electron chi connectivity index (χ3n) is 4.36. The Morgan fingerprint density at radius 2 is 1.37 bits per heavy atom. The van der Waals surface area contributed by atoms with Crippen molar-refractivity contribution in [2.24, 2.45) is 5.92 Å². The minimum Gasteiger partial charge on any atom is -0.314 e. The Balaban J connectivity index is 3.78. The van der Waals surface area contributed by atoms with Crippen LogP contribution < -0.4 is 5.32 Å². The summed E-state index contributed by atoms with van der Waals surface area (Å²) >= 11 is 0. The van der Waals surface area contributed by atoms with Crippen molar-refractivity contribution in [1.29, 1.82) is 0 Å². The highest BCUT2D eigenvalue weighted by Gasteiger charge is 2.13. The first kappa shape index (κ1) is 19.0. The fourth-order valence-corrected chi connectivity index (χ4v) is 2.85. The molecule has 0 aliphatic heterocycles. The molecule has 0 rings (SSSR count). The maximum atomic E-state index is 3.77. The molecule has 1 N–H and O–H groups in total. The Hall–Kier alpha value is -0.0400. The second-order valence-electron chi connectivity index (χ2n) is 6.13. The molecule has 0 fully saturated rings. The molecule has 116 valence electrons. The molecule has 0 aliphatic rings. The van der Waals surface area contributed by atoms with E-state index >= 15 is 0 Å². The van der Waals surface area contributed by atoms with Crippen molar-refractivity contribution in [3.63, 3.8) is 0 Å². The van der Waals surface area contributed by atoms with Gasteiger partial charge in [-0.2, -0.15) is 0 Å². The van der Waals surface area contributed by atoms with Gasteiger partial charge in [0, 0.05) is 6.04 Å². The van der Waals surface area contributed by atoms with E-state index in [0.717, 1.165) is 12.0 Å². The van der Waals surface area contributed by atoms with E-state index in [0.29, 0.717) is 0 Å². The minimum absolute atomic E-state index is 0.774. The molecule has 0 aliphatic carbocycles. The van der Waals surface area contributed by atoms with Crippen molar-refractivity contribution in [3.05, 3.63) is 0 Å². The van der Waals surface area contributed by atoms with Crippen LogP contribution in [0.2, 0.25) is 0 Å². The lowest BCUT2D eigenvalue weighted by molar-refractivity contribution is 0.343. The summed E-state index contributed by atoms with van der Waals surface area (Å²) in [5.74, 6) is 0.925. The van der Waals surface area contributed by atoms with Crippen molar-refractivity contribution < 1.29 is 0 Å². The van der Waals surface area contributed by atoms with Gasteiger partial charge in [0.1, 0.15) is 0 Å². The van der Waals surface area contributed by atoms with Crippen LogP contribution in [0.3, 0.4) is 0 Å². The average molecular weight is 270 g/mol. The maximum absolute atomic E-state index is 3.77. The topological polar surface area (TPSA) is 12.0 Å². The van der Waals surface area contributed by atoms with Gasteiger partial charge in [0.15, 0.2) is 0 Å². The maximum Gasteiger partial charge on any atom is 0.00696 e. The zero-order valence-electron chi connectivity index (χ0n) is 14.1. The Labute approximate surface area is 122 Å². The van der Waals surface area contributed by atoms with E-state index in [1.807, 2.05) is 0 Å². The number of hydrogen-bond acceptors (Lipinski definition) is 1. The standard InChI is InChI=1S/C18H39N/c1-5-9-10-11-12-13-14-18(19-15-6-2)16-17(7-3)8-4/h17-19H,5-16H2,1-4H3. The Morgan fingerprint density at radius 1 is 0.737 bits per heavy atom. The molecule has 0 aromatic heterocycles. The first-order chi connectivity index (χ1) is 9.28. The average Bonchev–Trinajstić information content (AvgIpc) is 2.44. The summed E-state index contributed by atoms with van der Waals surface area (Å²) < 4.78 is 0. The fraction of sp³-hybridized carbons (Fsp3) is 1.00. The van der Waals surface area contributed by atoms with Crippen molar-refractivity contribution >= 4 is 0 Å². The molecule has 0 saturated heterocycles. The molecule has 0 saturated carbocycles. The first-order valence-corrected chi connectivity index (χ1v) is 9.01. The lowest BCUT2D eigenvalue weighted by atomic mass is 9.92. The predicted molar refractivity (Wildman–Crippen MR) is 88.8 cm³/mol. The van der Waals surface area contributed by atoms with Gasteiger partial charge >= 0.3 is 0 Å². The lowest BCUT2D eigenvalue weighted by Gasteiger charge is -2.23. The van der Waals surface area contributed by atoms with Crippen molar-refractivity contribution in [1.82, 2.24) is 5.32 Å². The van der Waals surface area contributed by atoms with Gasteiger partial charge in [-0.25, -0.2) is 0 Å². The van der Waals surface area contributed by atoms with Crippen LogP contribution in [0.15, 0.2) is 0 Å². The van der Waals surface area contributed by atoms with Crippen LogP contribution in [-0.4, -0.2) is 12.6 Å². The molecule has 0 bridgehead atoms. The Bertz CT molecular complexity index is 163. The predicted octanol–water partition coefficient (Wildman–Crippen LogP) is 5.93. The molecule has 19 heavy (non-hydrogen) atoms. The molecular weight excluding hydrogens is 230 g/mol. The number of unbranched alkanes of at least 4 members (excludes halogenated alkanes) is 5. The van der Waals surface area contributed by atoms with Gasteiger partial charge in [-0.1, -0.05) is 79.1 Å². The summed E-state index contributed by atoms with van der Waals surface area (Å²) in [7, 11) is 0. The van der Waals surface area contributed by atoms with Crippen LogP contribution in [0.1, 0.15) is 98.3 Å². The van der Waals surface area contributed by atoms with Crippen LogP contribution in [0.25, 0.3) is 0 Å². The molecule has 1 heteroatoms. The fourth-order valence-electron chi connectivity index (χ4n) is 2.85.